The molecule has 1 heterocycles. The SMILES string of the molecule is CC[C@@H](NC(=O)N1c2ccccc2Sc2ccccc21)c1ccc(C)cc1. The second kappa shape index (κ2) is 7.49. The molecule has 1 atom stereocenters. The molecule has 3 nitrogen and oxygen atoms in total. The summed E-state index contributed by atoms with van der Waals surface area (Å²) in [6.07, 6.45) is 0.834. The van der Waals surface area contributed by atoms with Crippen molar-refractivity contribution in [1.29, 1.82) is 0 Å². The van der Waals surface area contributed by atoms with Gasteiger partial charge in [0.15, 0.2) is 0 Å². The number of aryl methyl sites for hydroxylation is 1. The minimum Gasteiger partial charge on any atom is -0.331 e. The van der Waals surface area contributed by atoms with E-state index < -0.39 is 0 Å². The molecule has 136 valence electrons. The Balaban J connectivity index is 1.68. The molecule has 0 unspecified atom stereocenters. The van der Waals surface area contributed by atoms with E-state index in [9.17, 15) is 4.79 Å². The molecule has 27 heavy (non-hydrogen) atoms. The molecular weight excluding hydrogens is 352 g/mol. The van der Waals surface area contributed by atoms with Crippen LogP contribution >= 0.6 is 11.8 Å². The van der Waals surface area contributed by atoms with Gasteiger partial charge in [-0.15, -0.1) is 0 Å². The summed E-state index contributed by atoms with van der Waals surface area (Å²) >= 11 is 1.70. The van der Waals surface area contributed by atoms with Crippen molar-refractivity contribution in [3.63, 3.8) is 0 Å². The van der Waals surface area contributed by atoms with Crippen LogP contribution in [0.4, 0.5) is 16.2 Å². The lowest BCUT2D eigenvalue weighted by molar-refractivity contribution is 0.244. The lowest BCUT2D eigenvalue weighted by Crippen LogP contribution is -2.40. The first kappa shape index (κ1) is 17.7. The Hall–Kier alpha value is -2.72. The maximum Gasteiger partial charge on any atom is 0.327 e. The Kier molecular flexibility index (Phi) is 4.90. The van der Waals surface area contributed by atoms with E-state index in [1.807, 2.05) is 36.4 Å². The molecular formula is C23H22N2OS. The fraction of sp³-hybridized carbons (Fsp3) is 0.174. The molecule has 0 radical (unpaired) electrons. The van der Waals surface area contributed by atoms with Gasteiger partial charge in [0, 0.05) is 9.79 Å². The summed E-state index contributed by atoms with van der Waals surface area (Å²) in [6.45, 7) is 4.17. The number of nitrogens with zero attached hydrogens (tertiary/aromatic N) is 1. The van der Waals surface area contributed by atoms with E-state index >= 15 is 0 Å². The van der Waals surface area contributed by atoms with Crippen molar-refractivity contribution < 1.29 is 4.79 Å². The number of carbonyl (C=O) groups excluding carboxylic acids is 1. The second-order valence-electron chi connectivity index (χ2n) is 6.69. The maximum absolute atomic E-state index is 13.3. The average Bonchev–Trinajstić information content (AvgIpc) is 2.70. The number of hydrogen-bond donors (Lipinski definition) is 1. The summed E-state index contributed by atoms with van der Waals surface area (Å²) in [5.74, 6) is 0. The van der Waals surface area contributed by atoms with E-state index in [1.54, 1.807) is 16.7 Å². The van der Waals surface area contributed by atoms with Crippen LogP contribution in [0.2, 0.25) is 0 Å². The number of para-hydroxylation sites is 2. The van der Waals surface area contributed by atoms with Gasteiger partial charge in [-0.2, -0.15) is 0 Å². The first-order valence-corrected chi connectivity index (χ1v) is 10.0. The molecule has 1 aliphatic rings. The topological polar surface area (TPSA) is 32.3 Å². The highest BCUT2D eigenvalue weighted by atomic mass is 32.2. The first-order chi connectivity index (χ1) is 13.2. The molecule has 3 aromatic carbocycles. The number of rotatable bonds is 3. The van der Waals surface area contributed by atoms with Crippen LogP contribution in [-0.2, 0) is 0 Å². The molecule has 4 heteroatoms. The fourth-order valence-electron chi connectivity index (χ4n) is 3.36. The van der Waals surface area contributed by atoms with Crippen LogP contribution in [0.15, 0.2) is 82.6 Å². The normalized spacial score (nSPS) is 13.5. The van der Waals surface area contributed by atoms with Gasteiger partial charge in [0.1, 0.15) is 0 Å². The summed E-state index contributed by atoms with van der Waals surface area (Å²) in [7, 11) is 0. The molecule has 1 aliphatic heterocycles. The van der Waals surface area contributed by atoms with Crippen molar-refractivity contribution in [1.82, 2.24) is 5.32 Å². The molecule has 0 saturated carbocycles. The highest BCUT2D eigenvalue weighted by Crippen LogP contribution is 2.47. The quantitative estimate of drug-likeness (QED) is 0.571. The average molecular weight is 375 g/mol. The zero-order valence-corrected chi connectivity index (χ0v) is 16.3. The van der Waals surface area contributed by atoms with Gasteiger partial charge in [0.25, 0.3) is 0 Å². The van der Waals surface area contributed by atoms with Crippen molar-refractivity contribution in [3.05, 3.63) is 83.9 Å². The summed E-state index contributed by atoms with van der Waals surface area (Å²) < 4.78 is 0. The van der Waals surface area contributed by atoms with Gasteiger partial charge in [0.2, 0.25) is 0 Å². The van der Waals surface area contributed by atoms with E-state index in [0.29, 0.717) is 0 Å². The predicted molar refractivity (Wildman–Crippen MR) is 112 cm³/mol. The lowest BCUT2D eigenvalue weighted by atomic mass is 10.0. The molecule has 3 aromatic rings. The van der Waals surface area contributed by atoms with Gasteiger partial charge in [-0.25, -0.2) is 4.79 Å². The minimum absolute atomic E-state index is 0.0213. The van der Waals surface area contributed by atoms with Crippen LogP contribution in [0, 0.1) is 6.92 Å². The van der Waals surface area contributed by atoms with E-state index in [0.717, 1.165) is 33.2 Å². The number of hydrogen-bond acceptors (Lipinski definition) is 2. The molecule has 0 fully saturated rings. The summed E-state index contributed by atoms with van der Waals surface area (Å²) in [5.41, 5.74) is 4.20. The zero-order valence-electron chi connectivity index (χ0n) is 15.5. The Morgan fingerprint density at radius 3 is 2.04 bits per heavy atom. The van der Waals surface area contributed by atoms with Crippen molar-refractivity contribution in [2.75, 3.05) is 4.90 Å². The first-order valence-electron chi connectivity index (χ1n) is 9.20. The van der Waals surface area contributed by atoms with Gasteiger partial charge in [0.05, 0.1) is 17.4 Å². The standard InChI is InChI=1S/C23H22N2OS/c1-3-18(17-14-12-16(2)13-15-17)24-23(26)25-19-8-4-6-10-21(19)27-22-11-7-5-9-20(22)25/h4-15,18H,3H2,1-2H3,(H,24,26)/t18-/m1/s1. The van der Waals surface area contributed by atoms with Crippen molar-refractivity contribution >= 4 is 29.2 Å². The number of urea groups is 1. The molecule has 0 saturated heterocycles. The molecule has 0 bridgehead atoms. The maximum atomic E-state index is 13.3. The number of benzene rings is 3. The highest BCUT2D eigenvalue weighted by molar-refractivity contribution is 7.99. The predicted octanol–water partition coefficient (Wildman–Crippen LogP) is 6.46. The number of anilines is 2. The Bertz CT molecular complexity index is 923. The number of amides is 2. The van der Waals surface area contributed by atoms with Crippen molar-refractivity contribution in [2.45, 2.75) is 36.1 Å². The number of carbonyl (C=O) groups is 1. The molecule has 1 N–H and O–H groups in total. The zero-order chi connectivity index (χ0) is 18.8. The Labute approximate surface area is 164 Å². The number of nitrogens with one attached hydrogen (secondary N) is 1. The van der Waals surface area contributed by atoms with Gasteiger partial charge in [-0.05, 0) is 43.2 Å². The van der Waals surface area contributed by atoms with E-state index in [2.05, 4.69) is 55.6 Å². The van der Waals surface area contributed by atoms with Gasteiger partial charge >= 0.3 is 6.03 Å². The third kappa shape index (κ3) is 3.45. The molecule has 0 aromatic heterocycles. The van der Waals surface area contributed by atoms with Crippen LogP contribution < -0.4 is 10.2 Å². The third-order valence-corrected chi connectivity index (χ3v) is 5.95. The third-order valence-electron chi connectivity index (χ3n) is 4.82. The molecule has 0 aliphatic carbocycles. The van der Waals surface area contributed by atoms with Crippen LogP contribution in [-0.4, -0.2) is 6.03 Å². The second-order valence-corrected chi connectivity index (χ2v) is 7.78. The van der Waals surface area contributed by atoms with Crippen molar-refractivity contribution in [2.24, 2.45) is 0 Å². The summed E-state index contributed by atoms with van der Waals surface area (Å²) in [5, 5.41) is 3.23. The van der Waals surface area contributed by atoms with E-state index in [4.69, 9.17) is 0 Å². The van der Waals surface area contributed by atoms with E-state index in [-0.39, 0.29) is 12.1 Å². The van der Waals surface area contributed by atoms with Crippen molar-refractivity contribution in [3.8, 4) is 0 Å². The smallest absolute Gasteiger partial charge is 0.327 e. The van der Waals surface area contributed by atoms with Gasteiger partial charge in [-0.1, -0.05) is 72.8 Å². The summed E-state index contributed by atoms with van der Waals surface area (Å²) in [4.78, 5) is 17.3. The minimum atomic E-state index is -0.0948. The van der Waals surface area contributed by atoms with Crippen LogP contribution in [0.5, 0.6) is 0 Å². The lowest BCUT2D eigenvalue weighted by Gasteiger charge is -2.32. The highest BCUT2D eigenvalue weighted by Gasteiger charge is 2.29. The molecule has 4 rings (SSSR count). The van der Waals surface area contributed by atoms with Crippen LogP contribution in [0.25, 0.3) is 0 Å². The van der Waals surface area contributed by atoms with E-state index in [1.165, 1.54) is 5.56 Å². The Morgan fingerprint density at radius 2 is 1.48 bits per heavy atom. The fourth-order valence-corrected chi connectivity index (χ4v) is 4.41. The monoisotopic (exact) mass is 374 g/mol. The largest absolute Gasteiger partial charge is 0.331 e. The molecule has 2 amide bonds. The van der Waals surface area contributed by atoms with Gasteiger partial charge in [-0.3, -0.25) is 4.90 Å². The molecule has 0 spiro atoms. The Morgan fingerprint density at radius 1 is 0.926 bits per heavy atom. The summed E-state index contributed by atoms with van der Waals surface area (Å²) in [6, 6.07) is 24.4. The van der Waals surface area contributed by atoms with Crippen LogP contribution in [0.3, 0.4) is 0 Å². The number of fused-ring (bicyclic) bond motifs is 2. The van der Waals surface area contributed by atoms with Crippen LogP contribution in [0.1, 0.15) is 30.5 Å². The van der Waals surface area contributed by atoms with Gasteiger partial charge < -0.3 is 5.32 Å².